The fourth-order valence-electron chi connectivity index (χ4n) is 9.09. The SMILES string of the molecule is C=C(O)CN1CCN(CC(=O)O)CCN(CC(=O)NCCCOCC)CCN(CC(=O)O)CC1.CCOCCOCCCNS(O)(O)c1ccc(-c2ccc(S(=O)(=O)NC(CNC(=O)c3ccc4c(cnn4CCCNc4ncc[nH]4)c3)C(=O)O)cc2)cc1.[Gd]. The van der Waals surface area contributed by atoms with Gasteiger partial charge in [0.15, 0.2) is 5.95 Å². The number of carboxylic acids is 3. The van der Waals surface area contributed by atoms with Gasteiger partial charge in [-0.15, -0.1) is 10.8 Å². The Hall–Kier alpha value is -5.79. The van der Waals surface area contributed by atoms with Crippen molar-refractivity contribution in [2.24, 2.45) is 0 Å². The van der Waals surface area contributed by atoms with Gasteiger partial charge in [0.25, 0.3) is 5.91 Å². The number of carbonyl (C=O) groups is 5. The minimum atomic E-state index is -4.30. The van der Waals surface area contributed by atoms with Gasteiger partial charge in [0, 0.05) is 175 Å². The van der Waals surface area contributed by atoms with Crippen LogP contribution in [0.3, 0.4) is 0 Å². The van der Waals surface area contributed by atoms with E-state index in [0.29, 0.717) is 147 Å². The first-order chi connectivity index (χ1) is 42.7. The van der Waals surface area contributed by atoms with Gasteiger partial charge in [-0.25, -0.2) is 18.1 Å². The number of sulfonamides is 1. The number of amides is 2. The third kappa shape index (κ3) is 28.4. The van der Waals surface area contributed by atoms with Crippen molar-refractivity contribution in [3.63, 3.8) is 0 Å². The normalized spacial score (nSPS) is 14.6. The second-order valence-corrected chi connectivity index (χ2v) is 24.2. The maximum atomic E-state index is 13.2. The van der Waals surface area contributed by atoms with Crippen molar-refractivity contribution in [2.45, 2.75) is 55.5 Å². The molecule has 5 aromatic rings. The molecular formula is C58H87GdN13O16S2. The van der Waals surface area contributed by atoms with Crippen LogP contribution in [0.4, 0.5) is 5.95 Å². The van der Waals surface area contributed by atoms with Gasteiger partial charge in [-0.2, -0.15) is 9.82 Å². The zero-order valence-corrected chi connectivity index (χ0v) is 54.7. The first-order valence-electron chi connectivity index (χ1n) is 29.3. The van der Waals surface area contributed by atoms with E-state index < -0.39 is 57.2 Å². The number of carboxylic acid groups (broad SMARTS) is 3. The molecule has 1 aliphatic rings. The molecule has 1 atom stereocenters. The monoisotopic (exact) mass is 1440 g/mol. The predicted molar refractivity (Wildman–Crippen MR) is 335 cm³/mol. The summed E-state index contributed by atoms with van der Waals surface area (Å²) >= 11 is 0. The maximum absolute atomic E-state index is 13.2. The van der Waals surface area contributed by atoms with Gasteiger partial charge >= 0.3 is 17.9 Å². The van der Waals surface area contributed by atoms with E-state index >= 15 is 0 Å². The molecule has 12 N–H and O–H groups in total. The Balaban J connectivity index is 0.000000426. The number of aliphatic carboxylic acids is 3. The maximum Gasteiger partial charge on any atom is 0.323 e. The van der Waals surface area contributed by atoms with Crippen LogP contribution in [0.1, 0.15) is 43.5 Å². The average Bonchev–Trinajstić information content (AvgIpc) is 1.79. The Kier molecular flexibility index (Phi) is 34.9. The Morgan fingerprint density at radius 3 is 1.77 bits per heavy atom. The van der Waals surface area contributed by atoms with E-state index in [1.165, 1.54) is 12.1 Å². The fourth-order valence-corrected chi connectivity index (χ4v) is 11.4. The molecule has 90 heavy (non-hydrogen) atoms. The smallest absolute Gasteiger partial charge is 0.323 e. The second-order valence-electron chi connectivity index (χ2n) is 20.6. The van der Waals surface area contributed by atoms with Crippen molar-refractivity contribution < 1.29 is 116 Å². The number of imidazole rings is 1. The summed E-state index contributed by atoms with van der Waals surface area (Å²) in [7, 11) is -7.55. The fraction of sp³-hybridized carbons (Fsp3) is 0.500. The van der Waals surface area contributed by atoms with Crippen LogP contribution in [-0.2, 0) is 50.0 Å². The minimum absolute atomic E-state index is 0. The molecule has 2 amide bonds. The number of carbonyl (C=O) groups excluding carboxylic acids is 2. The number of ether oxygens (including phenoxy) is 3. The van der Waals surface area contributed by atoms with Crippen molar-refractivity contribution in [1.29, 1.82) is 0 Å². The molecular weight excluding hydrogens is 1360 g/mol. The summed E-state index contributed by atoms with van der Waals surface area (Å²) in [5.41, 5.74) is 2.42. The van der Waals surface area contributed by atoms with Crippen LogP contribution < -0.4 is 25.4 Å². The number of aliphatic hydroxyl groups excluding tert-OH is 1. The minimum Gasteiger partial charge on any atom is -0.512 e. The predicted octanol–water partition coefficient (Wildman–Crippen LogP) is 3.14. The number of benzene rings is 3. The Labute approximate surface area is 558 Å². The van der Waals surface area contributed by atoms with Gasteiger partial charge in [-0.3, -0.25) is 57.4 Å². The van der Waals surface area contributed by atoms with Crippen molar-refractivity contribution >= 4 is 67.4 Å². The molecule has 1 saturated heterocycles. The molecule has 29 nitrogen and oxygen atoms in total. The zero-order chi connectivity index (χ0) is 64.6. The summed E-state index contributed by atoms with van der Waals surface area (Å²) in [6.45, 7) is 16.1. The largest absolute Gasteiger partial charge is 0.512 e. The van der Waals surface area contributed by atoms with E-state index in [2.05, 4.69) is 47.0 Å². The molecule has 3 aromatic carbocycles. The number of nitrogens with one attached hydrogen (secondary N) is 6. The standard InChI is InChI=1S/C36H46N8O9S2.C22H41N5O7.Gd/c1-2-52-21-22-53-20-4-16-42-54(48,49)30-10-5-26(6-11-30)27-7-12-31(13-8-27)55(50,51)43-32(35(46)47)25-40-34(45)28-9-14-33-29(23-28)24-41-44(33)19-3-15-37-36-38-17-18-39-36;1-3-34-14-4-5-23-20(29)16-25-8-12-26(17-21(30)31)10-6-24(15-19(2)28)7-11-27(13-9-25)18-22(32)33;/h5-14,17-18,23-24,32,42-43,48-49H,2-4,15-16,19-22,25H2,1H3,(H,40,45)(H,46,47)(H2,37,38,39);28H,2-18H2,1H3,(H,23,29)(H,30,31)(H,32,33);. The van der Waals surface area contributed by atoms with E-state index in [9.17, 15) is 61.9 Å². The molecule has 2 aromatic heterocycles. The number of nitrogens with zero attached hydrogens (tertiary/aromatic N) is 7. The molecule has 3 heterocycles. The number of aryl methyl sites for hydroxylation is 1. The summed E-state index contributed by atoms with van der Waals surface area (Å²) in [6.07, 6.45) is 7.10. The van der Waals surface area contributed by atoms with Crippen LogP contribution in [0.5, 0.6) is 0 Å². The van der Waals surface area contributed by atoms with Gasteiger partial charge < -0.3 is 55.6 Å². The van der Waals surface area contributed by atoms with Crippen LogP contribution >= 0.6 is 10.8 Å². The molecule has 0 spiro atoms. The van der Waals surface area contributed by atoms with Gasteiger partial charge in [0.05, 0.1) is 66.7 Å². The quantitative estimate of drug-likeness (QED) is 0.0202. The van der Waals surface area contributed by atoms with Crippen molar-refractivity contribution in [3.05, 3.63) is 103 Å². The zero-order valence-electron chi connectivity index (χ0n) is 50.8. The molecule has 6 rings (SSSR count). The second kappa shape index (κ2) is 40.9. The van der Waals surface area contributed by atoms with E-state index in [-0.39, 0.29) is 88.2 Å². The number of rotatable bonds is 36. The number of aromatic nitrogens is 4. The number of aromatic amines is 1. The van der Waals surface area contributed by atoms with Gasteiger partial charge in [0.2, 0.25) is 15.9 Å². The summed E-state index contributed by atoms with van der Waals surface area (Å²) in [6, 6.07) is 15.6. The number of hydrogen-bond donors (Lipinski definition) is 12. The summed E-state index contributed by atoms with van der Waals surface area (Å²) in [5, 5.41) is 51.7. The summed E-state index contributed by atoms with van der Waals surface area (Å²) in [5.74, 6) is -3.36. The Morgan fingerprint density at radius 2 is 1.21 bits per heavy atom. The van der Waals surface area contributed by atoms with E-state index in [4.69, 9.17) is 14.2 Å². The summed E-state index contributed by atoms with van der Waals surface area (Å²) < 4.78 is 70.2. The Morgan fingerprint density at radius 1 is 0.667 bits per heavy atom. The van der Waals surface area contributed by atoms with Crippen LogP contribution in [0, 0.1) is 39.9 Å². The molecule has 32 heteroatoms. The number of hydrogen-bond acceptors (Lipinski definition) is 21. The van der Waals surface area contributed by atoms with E-state index in [1.807, 2.05) is 28.3 Å². The average molecular weight is 1440 g/mol. The Bertz CT molecular complexity index is 3060. The van der Waals surface area contributed by atoms with Crippen LogP contribution in [0.15, 0.2) is 107 Å². The molecule has 1 aliphatic heterocycles. The van der Waals surface area contributed by atoms with E-state index in [0.717, 1.165) is 23.7 Å². The molecule has 1 unspecified atom stereocenters. The van der Waals surface area contributed by atoms with Crippen LogP contribution in [0.25, 0.3) is 22.0 Å². The number of H-pyrrole nitrogens is 1. The third-order valence-electron chi connectivity index (χ3n) is 13.7. The van der Waals surface area contributed by atoms with Gasteiger partial charge in [-0.05, 0) is 86.7 Å². The first-order valence-corrected chi connectivity index (χ1v) is 32.3. The molecule has 0 saturated carbocycles. The van der Waals surface area contributed by atoms with Crippen molar-refractivity contribution in [1.82, 2.24) is 59.4 Å². The molecule has 500 valence electrons. The number of anilines is 1. The molecule has 0 bridgehead atoms. The van der Waals surface area contributed by atoms with Crippen LogP contribution in [0.2, 0.25) is 0 Å². The molecule has 1 fully saturated rings. The molecule has 0 aliphatic carbocycles. The molecule has 0 radical (unpaired) electrons. The van der Waals surface area contributed by atoms with Crippen molar-refractivity contribution in [3.8, 4) is 11.1 Å². The van der Waals surface area contributed by atoms with Gasteiger partial charge in [-0.1, -0.05) is 30.8 Å². The first kappa shape index (κ1) is 76.7. The number of aliphatic hydroxyl groups is 1. The summed E-state index contributed by atoms with van der Waals surface area (Å²) in [4.78, 5) is 74.8. The topological polar surface area (TPSA) is 388 Å². The van der Waals surface area contributed by atoms with E-state index in [1.54, 1.807) is 83.0 Å². The third-order valence-corrected chi connectivity index (χ3v) is 16.8. The van der Waals surface area contributed by atoms with Crippen molar-refractivity contribution in [2.75, 3.05) is 150 Å². The van der Waals surface area contributed by atoms with Crippen LogP contribution in [-0.4, -0.2) is 257 Å². The number of fused-ring (bicyclic) bond motifs is 1. The van der Waals surface area contributed by atoms with Gasteiger partial charge in [0.1, 0.15) is 6.04 Å².